The van der Waals surface area contributed by atoms with Gasteiger partial charge in [0.1, 0.15) is 11.4 Å². The van der Waals surface area contributed by atoms with Gasteiger partial charge in [0.15, 0.2) is 11.6 Å². The second-order valence-corrected chi connectivity index (χ2v) is 6.04. The minimum absolute atomic E-state index is 0.571. The van der Waals surface area contributed by atoms with E-state index in [0.29, 0.717) is 34.3 Å². The highest BCUT2D eigenvalue weighted by Crippen LogP contribution is 2.28. The second-order valence-electron chi connectivity index (χ2n) is 6.04. The summed E-state index contributed by atoms with van der Waals surface area (Å²) in [6.07, 6.45) is 9.80. The third kappa shape index (κ3) is 1.96. The van der Waals surface area contributed by atoms with Crippen molar-refractivity contribution in [3.05, 3.63) is 61.4 Å². The molecule has 132 valence electrons. The van der Waals surface area contributed by atoms with E-state index in [1.165, 1.54) is 0 Å². The quantitative estimate of drug-likeness (QED) is 0.456. The van der Waals surface area contributed by atoms with Gasteiger partial charge in [-0.15, -0.1) is 20.4 Å². The predicted octanol–water partition coefficient (Wildman–Crippen LogP) is 1.84. The fourth-order valence-electron chi connectivity index (χ4n) is 3.32. The molecule has 0 aliphatic rings. The number of benzene rings is 1. The van der Waals surface area contributed by atoms with Gasteiger partial charge >= 0.3 is 0 Å². The Morgan fingerprint density at radius 1 is 0.571 bits per heavy atom. The Hall–Kier alpha value is -4.34. The SMILES string of the molecule is c1ccc2c(c1)n1c(-c3cnccn3)nnc1c1nnc(-c3cnccn3)n21. The van der Waals surface area contributed by atoms with Crippen LogP contribution >= 0.6 is 0 Å². The third-order valence-electron chi connectivity index (χ3n) is 4.47. The maximum absolute atomic E-state index is 4.37. The zero-order valence-electron chi connectivity index (χ0n) is 14.2. The van der Waals surface area contributed by atoms with Crippen LogP contribution in [0.2, 0.25) is 0 Å². The molecule has 0 saturated heterocycles. The van der Waals surface area contributed by atoms with Crippen LogP contribution in [-0.2, 0) is 0 Å². The van der Waals surface area contributed by atoms with Crippen molar-refractivity contribution in [3.63, 3.8) is 0 Å². The van der Waals surface area contributed by atoms with Crippen molar-refractivity contribution in [1.82, 2.24) is 49.1 Å². The zero-order valence-corrected chi connectivity index (χ0v) is 14.2. The summed E-state index contributed by atoms with van der Waals surface area (Å²) in [5, 5.41) is 17.4. The van der Waals surface area contributed by atoms with Crippen LogP contribution in [0.25, 0.3) is 45.4 Å². The van der Waals surface area contributed by atoms with Crippen molar-refractivity contribution in [2.75, 3.05) is 0 Å². The summed E-state index contributed by atoms with van der Waals surface area (Å²) in [6, 6.07) is 7.90. The summed E-state index contributed by atoms with van der Waals surface area (Å²) in [5.74, 6) is 1.18. The van der Waals surface area contributed by atoms with Gasteiger partial charge in [-0.25, -0.2) is 9.97 Å². The molecule has 0 fully saturated rings. The van der Waals surface area contributed by atoms with Crippen molar-refractivity contribution in [2.45, 2.75) is 0 Å². The van der Waals surface area contributed by atoms with Gasteiger partial charge in [-0.05, 0) is 12.1 Å². The van der Waals surface area contributed by atoms with Gasteiger partial charge in [-0.2, -0.15) is 0 Å². The molecule has 5 aromatic heterocycles. The van der Waals surface area contributed by atoms with Crippen molar-refractivity contribution in [2.24, 2.45) is 0 Å². The molecule has 6 rings (SSSR count). The summed E-state index contributed by atoms with van der Waals surface area (Å²) >= 11 is 0. The fraction of sp³-hybridized carbons (Fsp3) is 0. The molecule has 0 spiro atoms. The first-order chi connectivity index (χ1) is 13.9. The van der Waals surface area contributed by atoms with E-state index in [1.54, 1.807) is 37.2 Å². The Morgan fingerprint density at radius 3 is 1.50 bits per heavy atom. The molecule has 1 aromatic carbocycles. The molecule has 0 atom stereocenters. The van der Waals surface area contributed by atoms with E-state index >= 15 is 0 Å². The molecule has 6 aromatic rings. The summed E-state index contributed by atoms with van der Waals surface area (Å²) < 4.78 is 3.84. The lowest BCUT2D eigenvalue weighted by atomic mass is 10.2. The molecule has 0 N–H and O–H groups in total. The highest BCUT2D eigenvalue weighted by atomic mass is 15.3. The number of hydrogen-bond acceptors (Lipinski definition) is 8. The first-order valence-corrected chi connectivity index (χ1v) is 8.45. The average molecular weight is 366 g/mol. The number of nitrogens with zero attached hydrogens (tertiary/aromatic N) is 10. The molecule has 0 bridgehead atoms. The van der Waals surface area contributed by atoms with E-state index in [9.17, 15) is 0 Å². The number of hydrogen-bond donors (Lipinski definition) is 0. The smallest absolute Gasteiger partial charge is 0.207 e. The topological polar surface area (TPSA) is 112 Å². The standard InChI is InChI=1S/C18H10N10/c1-2-4-14-13(3-1)27-15(11-9-19-5-7-21-11)23-25-17(27)18-26-24-16(28(14)18)12-10-20-6-8-22-12/h1-10H. The molecule has 5 heterocycles. The first-order valence-electron chi connectivity index (χ1n) is 8.45. The lowest BCUT2D eigenvalue weighted by molar-refractivity contribution is 1.07. The van der Waals surface area contributed by atoms with Gasteiger partial charge in [-0.3, -0.25) is 18.8 Å². The number of aromatic nitrogens is 10. The Kier molecular flexibility index (Phi) is 2.95. The Morgan fingerprint density at radius 2 is 1.07 bits per heavy atom. The fourth-order valence-corrected chi connectivity index (χ4v) is 3.32. The lowest BCUT2D eigenvalue weighted by Crippen LogP contribution is -2.01. The molecular formula is C18H10N10. The molecule has 0 radical (unpaired) electrons. The molecule has 0 amide bonds. The second kappa shape index (κ2) is 5.58. The van der Waals surface area contributed by atoms with Gasteiger partial charge in [0, 0.05) is 24.8 Å². The molecular weight excluding hydrogens is 356 g/mol. The summed E-state index contributed by atoms with van der Waals surface area (Å²) in [6.45, 7) is 0. The van der Waals surface area contributed by atoms with E-state index in [-0.39, 0.29) is 0 Å². The minimum atomic E-state index is 0.571. The van der Waals surface area contributed by atoms with Crippen LogP contribution in [-0.4, -0.2) is 49.1 Å². The molecule has 10 nitrogen and oxygen atoms in total. The van der Waals surface area contributed by atoms with Crippen molar-refractivity contribution in [3.8, 4) is 23.0 Å². The number of rotatable bonds is 2. The Bertz CT molecular complexity index is 1340. The molecule has 28 heavy (non-hydrogen) atoms. The highest BCUT2D eigenvalue weighted by Gasteiger charge is 2.21. The van der Waals surface area contributed by atoms with E-state index in [4.69, 9.17) is 0 Å². The van der Waals surface area contributed by atoms with Gasteiger partial charge in [0.2, 0.25) is 11.3 Å². The van der Waals surface area contributed by atoms with E-state index < -0.39 is 0 Å². The van der Waals surface area contributed by atoms with E-state index in [2.05, 4.69) is 40.3 Å². The average Bonchev–Trinajstić information content (AvgIpc) is 3.40. The van der Waals surface area contributed by atoms with Crippen LogP contribution < -0.4 is 0 Å². The van der Waals surface area contributed by atoms with Gasteiger partial charge in [0.05, 0.1) is 23.4 Å². The van der Waals surface area contributed by atoms with Crippen LogP contribution in [0.1, 0.15) is 0 Å². The van der Waals surface area contributed by atoms with Crippen LogP contribution in [0.3, 0.4) is 0 Å². The Balaban J connectivity index is 1.80. The minimum Gasteiger partial charge on any atom is -0.269 e. The van der Waals surface area contributed by atoms with Gasteiger partial charge in [0.25, 0.3) is 0 Å². The van der Waals surface area contributed by atoms with Crippen LogP contribution in [0, 0.1) is 0 Å². The van der Waals surface area contributed by atoms with E-state index in [0.717, 1.165) is 11.0 Å². The summed E-state index contributed by atoms with van der Waals surface area (Å²) in [7, 11) is 0. The molecule has 0 aliphatic carbocycles. The molecule has 0 aliphatic heterocycles. The molecule has 10 heteroatoms. The predicted molar refractivity (Wildman–Crippen MR) is 99.1 cm³/mol. The summed E-state index contributed by atoms with van der Waals surface area (Å²) in [4.78, 5) is 17.0. The van der Waals surface area contributed by atoms with Crippen LogP contribution in [0.5, 0.6) is 0 Å². The van der Waals surface area contributed by atoms with Crippen LogP contribution in [0.15, 0.2) is 61.4 Å². The molecule has 0 unspecified atom stereocenters. The largest absolute Gasteiger partial charge is 0.269 e. The number of fused-ring (bicyclic) bond motifs is 6. The van der Waals surface area contributed by atoms with Crippen molar-refractivity contribution < 1.29 is 0 Å². The first kappa shape index (κ1) is 14.8. The van der Waals surface area contributed by atoms with Crippen LogP contribution in [0.4, 0.5) is 0 Å². The lowest BCUT2D eigenvalue weighted by Gasteiger charge is -2.08. The summed E-state index contributed by atoms with van der Waals surface area (Å²) in [5.41, 5.74) is 4.17. The van der Waals surface area contributed by atoms with Gasteiger partial charge < -0.3 is 0 Å². The normalized spacial score (nSPS) is 11.6. The van der Waals surface area contributed by atoms with Crippen molar-refractivity contribution >= 4 is 22.3 Å². The maximum atomic E-state index is 4.37. The maximum Gasteiger partial charge on any atom is 0.207 e. The zero-order chi connectivity index (χ0) is 18.5. The third-order valence-corrected chi connectivity index (χ3v) is 4.47. The number of para-hydroxylation sites is 2. The van der Waals surface area contributed by atoms with Gasteiger partial charge in [-0.1, -0.05) is 12.1 Å². The molecule has 0 saturated carbocycles. The monoisotopic (exact) mass is 366 g/mol. The Labute approximate surface area is 156 Å². The van der Waals surface area contributed by atoms with Crippen molar-refractivity contribution in [1.29, 1.82) is 0 Å². The highest BCUT2D eigenvalue weighted by molar-refractivity contribution is 5.88. The van der Waals surface area contributed by atoms with E-state index in [1.807, 2.05) is 33.1 Å².